The summed E-state index contributed by atoms with van der Waals surface area (Å²) < 4.78 is 0. The summed E-state index contributed by atoms with van der Waals surface area (Å²) in [4.78, 5) is 21.4. The van der Waals surface area contributed by atoms with Crippen molar-refractivity contribution in [3.63, 3.8) is 0 Å². The fraction of sp³-hybridized carbons (Fsp3) is 0.231. The molecular formula is C13H15NO2. The minimum absolute atomic E-state index is 0.486. The average Bonchev–Trinajstić information content (AvgIpc) is 2.34. The van der Waals surface area contributed by atoms with Gasteiger partial charge in [0, 0.05) is 12.1 Å². The quantitative estimate of drug-likeness (QED) is 0.586. The number of hydrogen-bond donors (Lipinski definition) is 1. The normalized spacial score (nSPS) is 10.9. The lowest BCUT2D eigenvalue weighted by molar-refractivity contribution is -0.105. The maximum Gasteiger partial charge on any atom is 0.165 e. The van der Waals surface area contributed by atoms with Crippen LogP contribution in [0.3, 0.4) is 0 Å². The predicted octanol–water partition coefficient (Wildman–Crippen LogP) is 2.08. The first kappa shape index (κ1) is 12.2. The second-order valence-electron chi connectivity index (χ2n) is 3.36. The standard InChI is InChI=1S/C13H15NO2/c1-2-5-13(10-16)14-8-11-6-3-4-7-12(11)9-15/h3-7,9-10,14H,2,8H2,1H3/b13-5+. The van der Waals surface area contributed by atoms with Crippen molar-refractivity contribution < 1.29 is 9.59 Å². The summed E-state index contributed by atoms with van der Waals surface area (Å²) in [5.74, 6) is 0. The zero-order chi connectivity index (χ0) is 11.8. The van der Waals surface area contributed by atoms with E-state index >= 15 is 0 Å². The van der Waals surface area contributed by atoms with E-state index in [1.165, 1.54) is 0 Å². The minimum Gasteiger partial charge on any atom is -0.379 e. The van der Waals surface area contributed by atoms with E-state index < -0.39 is 0 Å². The van der Waals surface area contributed by atoms with E-state index in [1.54, 1.807) is 6.07 Å². The van der Waals surface area contributed by atoms with E-state index in [2.05, 4.69) is 5.32 Å². The molecule has 0 heterocycles. The first-order chi connectivity index (χ1) is 7.81. The van der Waals surface area contributed by atoms with Crippen molar-refractivity contribution in [3.05, 3.63) is 47.2 Å². The lowest BCUT2D eigenvalue weighted by Crippen LogP contribution is -2.14. The van der Waals surface area contributed by atoms with Crippen LogP contribution < -0.4 is 5.32 Å². The van der Waals surface area contributed by atoms with Gasteiger partial charge < -0.3 is 5.32 Å². The zero-order valence-electron chi connectivity index (χ0n) is 9.27. The molecule has 0 unspecified atom stereocenters. The molecule has 1 aromatic rings. The van der Waals surface area contributed by atoms with Gasteiger partial charge in [-0.2, -0.15) is 0 Å². The van der Waals surface area contributed by atoms with Crippen molar-refractivity contribution in [1.29, 1.82) is 0 Å². The Hall–Kier alpha value is -1.90. The molecule has 1 aromatic carbocycles. The van der Waals surface area contributed by atoms with Gasteiger partial charge in [0.2, 0.25) is 0 Å². The molecule has 0 bridgehead atoms. The number of carbonyl (C=O) groups is 2. The Kier molecular flexibility index (Phi) is 4.99. The highest BCUT2D eigenvalue weighted by Crippen LogP contribution is 2.06. The van der Waals surface area contributed by atoms with Crippen LogP contribution in [0.1, 0.15) is 29.3 Å². The molecule has 0 aliphatic rings. The molecule has 0 radical (unpaired) electrons. The Morgan fingerprint density at radius 1 is 1.31 bits per heavy atom. The summed E-state index contributed by atoms with van der Waals surface area (Å²) in [6, 6.07) is 7.31. The van der Waals surface area contributed by atoms with E-state index in [1.807, 2.05) is 31.2 Å². The molecule has 0 saturated heterocycles. The molecule has 1 rings (SSSR count). The van der Waals surface area contributed by atoms with Gasteiger partial charge in [-0.05, 0) is 12.0 Å². The van der Waals surface area contributed by atoms with E-state index in [-0.39, 0.29) is 0 Å². The van der Waals surface area contributed by atoms with Crippen LogP contribution >= 0.6 is 0 Å². The third kappa shape index (κ3) is 3.35. The number of rotatable bonds is 6. The molecule has 16 heavy (non-hydrogen) atoms. The Balaban J connectivity index is 2.70. The van der Waals surface area contributed by atoms with Gasteiger partial charge in [0.15, 0.2) is 6.29 Å². The van der Waals surface area contributed by atoms with Crippen LogP contribution in [0, 0.1) is 0 Å². The Morgan fingerprint density at radius 3 is 2.69 bits per heavy atom. The Morgan fingerprint density at radius 2 is 2.06 bits per heavy atom. The largest absolute Gasteiger partial charge is 0.379 e. The van der Waals surface area contributed by atoms with Crippen LogP contribution in [0.5, 0.6) is 0 Å². The van der Waals surface area contributed by atoms with Crippen molar-refractivity contribution in [2.75, 3.05) is 0 Å². The Labute approximate surface area is 95.2 Å². The first-order valence-corrected chi connectivity index (χ1v) is 5.24. The number of allylic oxidation sites excluding steroid dienone is 2. The van der Waals surface area contributed by atoms with Crippen molar-refractivity contribution >= 4 is 12.6 Å². The first-order valence-electron chi connectivity index (χ1n) is 5.24. The van der Waals surface area contributed by atoms with Crippen LogP contribution in [0.25, 0.3) is 0 Å². The molecule has 0 amide bonds. The van der Waals surface area contributed by atoms with Crippen LogP contribution in [0.4, 0.5) is 0 Å². The molecule has 0 aliphatic carbocycles. The monoisotopic (exact) mass is 217 g/mol. The molecule has 3 nitrogen and oxygen atoms in total. The molecule has 84 valence electrons. The van der Waals surface area contributed by atoms with Gasteiger partial charge in [-0.25, -0.2) is 0 Å². The topological polar surface area (TPSA) is 46.2 Å². The van der Waals surface area contributed by atoms with Crippen LogP contribution in [0.15, 0.2) is 36.0 Å². The highest BCUT2D eigenvalue weighted by atomic mass is 16.1. The number of aldehydes is 2. The number of hydrogen-bond acceptors (Lipinski definition) is 3. The third-order valence-corrected chi connectivity index (χ3v) is 2.22. The molecule has 3 heteroatoms. The van der Waals surface area contributed by atoms with Gasteiger partial charge in [-0.3, -0.25) is 9.59 Å². The highest BCUT2D eigenvalue weighted by molar-refractivity contribution is 5.77. The van der Waals surface area contributed by atoms with E-state index in [0.717, 1.165) is 24.6 Å². The van der Waals surface area contributed by atoms with Gasteiger partial charge in [0.05, 0.1) is 5.70 Å². The molecular weight excluding hydrogens is 202 g/mol. The van der Waals surface area contributed by atoms with Gasteiger partial charge in [0.25, 0.3) is 0 Å². The average molecular weight is 217 g/mol. The maximum absolute atomic E-state index is 10.8. The lowest BCUT2D eigenvalue weighted by atomic mass is 10.1. The third-order valence-electron chi connectivity index (χ3n) is 2.22. The van der Waals surface area contributed by atoms with Crippen molar-refractivity contribution in [2.45, 2.75) is 19.9 Å². The SMILES string of the molecule is CC/C=C(\C=O)NCc1ccccc1C=O. The summed E-state index contributed by atoms with van der Waals surface area (Å²) in [6.45, 7) is 2.45. The second kappa shape index (κ2) is 6.56. The van der Waals surface area contributed by atoms with Gasteiger partial charge >= 0.3 is 0 Å². The fourth-order valence-electron chi connectivity index (χ4n) is 1.39. The smallest absolute Gasteiger partial charge is 0.165 e. The fourth-order valence-corrected chi connectivity index (χ4v) is 1.39. The van der Waals surface area contributed by atoms with Crippen molar-refractivity contribution in [3.8, 4) is 0 Å². The van der Waals surface area contributed by atoms with E-state index in [4.69, 9.17) is 0 Å². The summed E-state index contributed by atoms with van der Waals surface area (Å²) in [5.41, 5.74) is 2.10. The summed E-state index contributed by atoms with van der Waals surface area (Å²) in [5, 5.41) is 3.00. The maximum atomic E-state index is 10.8. The van der Waals surface area contributed by atoms with Crippen molar-refractivity contribution in [1.82, 2.24) is 5.32 Å². The highest BCUT2D eigenvalue weighted by Gasteiger charge is 2.00. The molecule has 0 aliphatic heterocycles. The Bertz CT molecular complexity index is 397. The molecule has 0 fully saturated rings. The van der Waals surface area contributed by atoms with Crippen molar-refractivity contribution in [2.24, 2.45) is 0 Å². The number of benzene rings is 1. The summed E-state index contributed by atoms with van der Waals surface area (Å²) in [7, 11) is 0. The lowest BCUT2D eigenvalue weighted by Gasteiger charge is -2.07. The van der Waals surface area contributed by atoms with Crippen LogP contribution in [-0.4, -0.2) is 12.6 Å². The van der Waals surface area contributed by atoms with Gasteiger partial charge in [-0.15, -0.1) is 0 Å². The zero-order valence-corrected chi connectivity index (χ0v) is 9.27. The minimum atomic E-state index is 0.486. The summed E-state index contributed by atoms with van der Waals surface area (Å²) >= 11 is 0. The van der Waals surface area contributed by atoms with E-state index in [0.29, 0.717) is 17.8 Å². The van der Waals surface area contributed by atoms with Gasteiger partial charge in [-0.1, -0.05) is 37.3 Å². The van der Waals surface area contributed by atoms with Crippen LogP contribution in [0.2, 0.25) is 0 Å². The molecule has 0 atom stereocenters. The molecule has 0 aromatic heterocycles. The predicted molar refractivity (Wildman–Crippen MR) is 63.1 cm³/mol. The van der Waals surface area contributed by atoms with Crippen LogP contribution in [-0.2, 0) is 11.3 Å². The summed E-state index contributed by atoms with van der Waals surface area (Å²) in [6.07, 6.45) is 4.22. The number of carbonyl (C=O) groups excluding carboxylic acids is 2. The van der Waals surface area contributed by atoms with E-state index in [9.17, 15) is 9.59 Å². The molecule has 1 N–H and O–H groups in total. The van der Waals surface area contributed by atoms with Gasteiger partial charge in [0.1, 0.15) is 6.29 Å². The number of nitrogens with one attached hydrogen (secondary N) is 1. The second-order valence-corrected chi connectivity index (χ2v) is 3.36. The molecule has 0 saturated carbocycles. The molecule has 0 spiro atoms.